The molecular formula is C15H12F3NO2. The highest BCUT2D eigenvalue weighted by Gasteiger charge is 2.15. The normalized spacial score (nSPS) is 11.8. The van der Waals surface area contributed by atoms with Crippen molar-refractivity contribution in [1.29, 1.82) is 0 Å². The third kappa shape index (κ3) is 3.98. The molecule has 0 aliphatic heterocycles. The predicted molar refractivity (Wildman–Crippen MR) is 71.5 cm³/mol. The highest BCUT2D eigenvalue weighted by atomic mass is 19.2. The van der Waals surface area contributed by atoms with Gasteiger partial charge in [0.05, 0.1) is 0 Å². The SMILES string of the molecule is C[C@H](Oc1ccc(F)c(F)c1)C(=O)Nc1ccc(F)cc1. The first-order chi connectivity index (χ1) is 9.95. The topological polar surface area (TPSA) is 38.3 Å². The molecule has 2 rings (SSSR count). The number of carbonyl (C=O) groups is 1. The fraction of sp³-hybridized carbons (Fsp3) is 0.133. The van der Waals surface area contributed by atoms with Crippen molar-refractivity contribution in [3.05, 3.63) is 59.9 Å². The van der Waals surface area contributed by atoms with Crippen LogP contribution >= 0.6 is 0 Å². The molecule has 2 aromatic carbocycles. The summed E-state index contributed by atoms with van der Waals surface area (Å²) in [4.78, 5) is 11.9. The molecular weight excluding hydrogens is 283 g/mol. The van der Waals surface area contributed by atoms with Gasteiger partial charge in [-0.05, 0) is 43.3 Å². The lowest BCUT2D eigenvalue weighted by Crippen LogP contribution is -2.30. The summed E-state index contributed by atoms with van der Waals surface area (Å²) in [6.45, 7) is 1.46. The van der Waals surface area contributed by atoms with Crippen molar-refractivity contribution < 1.29 is 22.7 Å². The fourth-order valence-corrected chi connectivity index (χ4v) is 1.58. The Morgan fingerprint density at radius 1 is 1.05 bits per heavy atom. The molecule has 0 heterocycles. The molecule has 0 fully saturated rings. The Bertz CT molecular complexity index is 644. The number of hydrogen-bond acceptors (Lipinski definition) is 2. The minimum absolute atomic E-state index is 0.0376. The van der Waals surface area contributed by atoms with E-state index in [4.69, 9.17) is 4.74 Å². The molecule has 0 saturated carbocycles. The van der Waals surface area contributed by atoms with Crippen molar-refractivity contribution in [2.45, 2.75) is 13.0 Å². The molecule has 3 nitrogen and oxygen atoms in total. The van der Waals surface area contributed by atoms with Crippen LogP contribution in [0.4, 0.5) is 18.9 Å². The third-order valence-corrected chi connectivity index (χ3v) is 2.68. The van der Waals surface area contributed by atoms with E-state index in [2.05, 4.69) is 5.32 Å². The molecule has 1 atom stereocenters. The summed E-state index contributed by atoms with van der Waals surface area (Å²) in [6.07, 6.45) is -0.931. The molecule has 0 aliphatic rings. The van der Waals surface area contributed by atoms with E-state index in [0.29, 0.717) is 5.69 Å². The number of amides is 1. The Morgan fingerprint density at radius 2 is 1.71 bits per heavy atom. The minimum Gasteiger partial charge on any atom is -0.481 e. The summed E-state index contributed by atoms with van der Waals surface area (Å²) < 4.78 is 43.8. The van der Waals surface area contributed by atoms with Crippen LogP contribution in [-0.4, -0.2) is 12.0 Å². The van der Waals surface area contributed by atoms with Crippen LogP contribution in [-0.2, 0) is 4.79 Å². The van der Waals surface area contributed by atoms with E-state index in [-0.39, 0.29) is 5.75 Å². The van der Waals surface area contributed by atoms with Gasteiger partial charge >= 0.3 is 0 Å². The average molecular weight is 295 g/mol. The van der Waals surface area contributed by atoms with E-state index >= 15 is 0 Å². The molecule has 0 aromatic heterocycles. The molecule has 1 amide bonds. The van der Waals surface area contributed by atoms with Crippen molar-refractivity contribution in [3.63, 3.8) is 0 Å². The summed E-state index contributed by atoms with van der Waals surface area (Å²) >= 11 is 0. The molecule has 0 unspecified atom stereocenters. The van der Waals surface area contributed by atoms with Crippen molar-refractivity contribution >= 4 is 11.6 Å². The first-order valence-electron chi connectivity index (χ1n) is 6.14. The summed E-state index contributed by atoms with van der Waals surface area (Å²) in [7, 11) is 0. The second-order valence-corrected chi connectivity index (χ2v) is 4.33. The van der Waals surface area contributed by atoms with Crippen LogP contribution in [0.15, 0.2) is 42.5 Å². The number of ether oxygens (including phenoxy) is 1. The van der Waals surface area contributed by atoms with Gasteiger partial charge in [-0.3, -0.25) is 4.79 Å². The maximum absolute atomic E-state index is 13.0. The van der Waals surface area contributed by atoms with Gasteiger partial charge in [0.15, 0.2) is 17.7 Å². The maximum atomic E-state index is 13.0. The maximum Gasteiger partial charge on any atom is 0.265 e. The zero-order chi connectivity index (χ0) is 15.4. The minimum atomic E-state index is -1.06. The Morgan fingerprint density at radius 3 is 2.33 bits per heavy atom. The molecule has 6 heteroatoms. The van der Waals surface area contributed by atoms with Crippen LogP contribution in [0, 0.1) is 17.5 Å². The molecule has 1 N–H and O–H groups in total. The fourth-order valence-electron chi connectivity index (χ4n) is 1.58. The van der Waals surface area contributed by atoms with Gasteiger partial charge in [-0.2, -0.15) is 0 Å². The van der Waals surface area contributed by atoms with Crippen molar-refractivity contribution in [2.24, 2.45) is 0 Å². The molecule has 0 aliphatic carbocycles. The van der Waals surface area contributed by atoms with Gasteiger partial charge in [-0.1, -0.05) is 0 Å². The molecule has 0 saturated heterocycles. The Labute approximate surface area is 119 Å². The Balaban J connectivity index is 1.98. The molecule has 0 spiro atoms. The van der Waals surface area contributed by atoms with Crippen LogP contribution < -0.4 is 10.1 Å². The van der Waals surface area contributed by atoms with E-state index in [1.165, 1.54) is 37.3 Å². The van der Waals surface area contributed by atoms with E-state index in [0.717, 1.165) is 12.1 Å². The van der Waals surface area contributed by atoms with Gasteiger partial charge in [0, 0.05) is 11.8 Å². The summed E-state index contributed by atoms with van der Waals surface area (Å²) in [5.41, 5.74) is 0.405. The zero-order valence-corrected chi connectivity index (χ0v) is 11.1. The van der Waals surface area contributed by atoms with Crippen LogP contribution in [0.2, 0.25) is 0 Å². The van der Waals surface area contributed by atoms with Crippen LogP contribution in [0.25, 0.3) is 0 Å². The number of hydrogen-bond donors (Lipinski definition) is 1. The van der Waals surface area contributed by atoms with Gasteiger partial charge in [0.1, 0.15) is 11.6 Å². The van der Waals surface area contributed by atoms with Crippen LogP contribution in [0.5, 0.6) is 5.75 Å². The lowest BCUT2D eigenvalue weighted by molar-refractivity contribution is -0.122. The zero-order valence-electron chi connectivity index (χ0n) is 11.1. The number of nitrogens with one attached hydrogen (secondary N) is 1. The molecule has 110 valence electrons. The van der Waals surface area contributed by atoms with E-state index in [9.17, 15) is 18.0 Å². The number of benzene rings is 2. The molecule has 2 aromatic rings. The molecule has 0 bridgehead atoms. The first-order valence-corrected chi connectivity index (χ1v) is 6.14. The monoisotopic (exact) mass is 295 g/mol. The number of halogens is 3. The average Bonchev–Trinajstić information content (AvgIpc) is 2.45. The van der Waals surface area contributed by atoms with E-state index < -0.39 is 29.5 Å². The summed E-state index contributed by atoms with van der Waals surface area (Å²) in [5, 5.41) is 2.52. The number of rotatable bonds is 4. The Kier molecular flexibility index (Phi) is 4.47. The number of carbonyl (C=O) groups excluding carboxylic acids is 1. The summed E-state index contributed by atoms with van der Waals surface area (Å²) in [6, 6.07) is 8.20. The van der Waals surface area contributed by atoms with Gasteiger partial charge in [-0.25, -0.2) is 13.2 Å². The molecule has 21 heavy (non-hydrogen) atoms. The standard InChI is InChI=1S/C15H12F3NO2/c1-9(21-12-6-7-13(17)14(18)8-12)15(20)19-11-4-2-10(16)3-5-11/h2-9H,1H3,(H,19,20)/t9-/m0/s1. The quantitative estimate of drug-likeness (QED) is 0.937. The highest BCUT2D eigenvalue weighted by Crippen LogP contribution is 2.17. The van der Waals surface area contributed by atoms with Gasteiger partial charge in [0.25, 0.3) is 5.91 Å². The van der Waals surface area contributed by atoms with E-state index in [1.807, 2.05) is 0 Å². The largest absolute Gasteiger partial charge is 0.481 e. The van der Waals surface area contributed by atoms with E-state index in [1.54, 1.807) is 0 Å². The third-order valence-electron chi connectivity index (χ3n) is 2.68. The van der Waals surface area contributed by atoms with Crippen LogP contribution in [0.1, 0.15) is 6.92 Å². The van der Waals surface area contributed by atoms with Crippen molar-refractivity contribution in [2.75, 3.05) is 5.32 Å². The molecule has 0 radical (unpaired) electrons. The van der Waals surface area contributed by atoms with Gasteiger partial charge in [-0.15, -0.1) is 0 Å². The van der Waals surface area contributed by atoms with Crippen molar-refractivity contribution in [1.82, 2.24) is 0 Å². The summed E-state index contributed by atoms with van der Waals surface area (Å²) in [5.74, 6) is -2.93. The first kappa shape index (κ1) is 14.9. The Hall–Kier alpha value is -2.50. The second kappa shape index (κ2) is 6.30. The van der Waals surface area contributed by atoms with Gasteiger partial charge < -0.3 is 10.1 Å². The smallest absolute Gasteiger partial charge is 0.265 e. The highest BCUT2D eigenvalue weighted by molar-refractivity contribution is 5.94. The van der Waals surface area contributed by atoms with Gasteiger partial charge in [0.2, 0.25) is 0 Å². The van der Waals surface area contributed by atoms with Crippen molar-refractivity contribution in [3.8, 4) is 5.75 Å². The lowest BCUT2D eigenvalue weighted by Gasteiger charge is -2.14. The number of anilines is 1. The second-order valence-electron chi connectivity index (χ2n) is 4.33. The predicted octanol–water partition coefficient (Wildman–Crippen LogP) is 3.51. The van der Waals surface area contributed by atoms with Crippen LogP contribution in [0.3, 0.4) is 0 Å². The lowest BCUT2D eigenvalue weighted by atomic mass is 10.3.